The molecule has 4 rings (SSSR count). The smallest absolute Gasteiger partial charge is 0.273 e. The maximum absolute atomic E-state index is 13.4. The highest BCUT2D eigenvalue weighted by molar-refractivity contribution is 5.97. The lowest BCUT2D eigenvalue weighted by Gasteiger charge is -2.35. The highest BCUT2D eigenvalue weighted by atomic mass is 16.6. The van der Waals surface area contributed by atoms with Gasteiger partial charge in [-0.25, -0.2) is 0 Å². The minimum absolute atomic E-state index is 0.0122. The van der Waals surface area contributed by atoms with E-state index in [1.165, 1.54) is 11.6 Å². The number of nitro benzene ring substituents is 1. The third kappa shape index (κ3) is 3.90. The van der Waals surface area contributed by atoms with E-state index >= 15 is 0 Å². The summed E-state index contributed by atoms with van der Waals surface area (Å²) >= 11 is 0. The molecule has 2 aliphatic heterocycles. The lowest BCUT2D eigenvalue weighted by Crippen LogP contribution is -2.48. The molecule has 2 fully saturated rings. The average molecular weight is 393 g/mol. The Morgan fingerprint density at radius 3 is 2.52 bits per heavy atom. The number of nitrogens with zero attached hydrogens (tertiary/aromatic N) is 3. The molecule has 0 spiro atoms. The largest absolute Gasteiger partial charge is 0.334 e. The number of likely N-dealkylation sites (tertiary alicyclic amines) is 2. The first-order valence-electron chi connectivity index (χ1n) is 10.4. The third-order valence-corrected chi connectivity index (χ3v) is 6.38. The molecule has 0 radical (unpaired) electrons. The summed E-state index contributed by atoms with van der Waals surface area (Å²) in [6.45, 7) is 4.35. The van der Waals surface area contributed by atoms with Crippen LogP contribution in [0.3, 0.4) is 0 Å². The van der Waals surface area contributed by atoms with E-state index in [0.717, 1.165) is 45.3 Å². The van der Waals surface area contributed by atoms with Crippen LogP contribution in [-0.2, 0) is 6.54 Å². The average Bonchev–Trinajstić information content (AvgIpc) is 3.37. The van der Waals surface area contributed by atoms with Crippen molar-refractivity contribution in [2.45, 2.75) is 51.2 Å². The molecule has 6 nitrogen and oxygen atoms in total. The van der Waals surface area contributed by atoms with Gasteiger partial charge in [-0.05, 0) is 50.8 Å². The van der Waals surface area contributed by atoms with E-state index in [2.05, 4.69) is 29.2 Å². The lowest BCUT2D eigenvalue weighted by molar-refractivity contribution is -0.385. The second-order valence-electron chi connectivity index (χ2n) is 8.08. The molecular weight excluding hydrogens is 366 g/mol. The standard InChI is InChI=1S/C23H27N3O3/c1-17-19(10-5-11-20(17)26(28)29)23(27)25-15-7-13-22(25)21-12-6-14-24(21)16-18-8-3-2-4-9-18/h2-5,8-11,21-22H,6-7,12-16H2,1H3/t21-,22+/m0/s1. The minimum Gasteiger partial charge on any atom is -0.334 e. The fourth-order valence-corrected chi connectivity index (χ4v) is 4.95. The number of benzene rings is 2. The van der Waals surface area contributed by atoms with Crippen LogP contribution in [0.5, 0.6) is 0 Å². The first-order chi connectivity index (χ1) is 14.1. The zero-order valence-electron chi connectivity index (χ0n) is 16.8. The van der Waals surface area contributed by atoms with Gasteiger partial charge in [-0.15, -0.1) is 0 Å². The van der Waals surface area contributed by atoms with Crippen LogP contribution in [-0.4, -0.2) is 45.8 Å². The van der Waals surface area contributed by atoms with Crippen molar-refractivity contribution in [3.05, 3.63) is 75.3 Å². The predicted octanol–water partition coefficient (Wildman–Crippen LogP) is 4.17. The van der Waals surface area contributed by atoms with Gasteiger partial charge in [0.1, 0.15) is 0 Å². The molecule has 2 aromatic carbocycles. The summed E-state index contributed by atoms with van der Waals surface area (Å²) in [6, 6.07) is 15.8. The number of carbonyl (C=O) groups excluding carboxylic acids is 1. The Balaban J connectivity index is 1.55. The summed E-state index contributed by atoms with van der Waals surface area (Å²) in [4.78, 5) is 28.7. The van der Waals surface area contributed by atoms with Crippen LogP contribution >= 0.6 is 0 Å². The van der Waals surface area contributed by atoms with Gasteiger partial charge in [-0.2, -0.15) is 0 Å². The van der Waals surface area contributed by atoms with Gasteiger partial charge >= 0.3 is 0 Å². The number of hydrogen-bond donors (Lipinski definition) is 0. The van der Waals surface area contributed by atoms with Crippen molar-refractivity contribution in [1.82, 2.24) is 9.80 Å². The number of nitro groups is 1. The topological polar surface area (TPSA) is 66.7 Å². The van der Waals surface area contributed by atoms with E-state index in [0.29, 0.717) is 17.2 Å². The van der Waals surface area contributed by atoms with Gasteiger partial charge in [0.05, 0.1) is 4.92 Å². The van der Waals surface area contributed by atoms with Crippen LogP contribution < -0.4 is 0 Å². The summed E-state index contributed by atoms with van der Waals surface area (Å²) in [5, 5.41) is 11.3. The first-order valence-corrected chi connectivity index (χ1v) is 10.4. The summed E-state index contributed by atoms with van der Waals surface area (Å²) in [7, 11) is 0. The maximum atomic E-state index is 13.4. The second-order valence-corrected chi connectivity index (χ2v) is 8.08. The number of hydrogen-bond acceptors (Lipinski definition) is 4. The van der Waals surface area contributed by atoms with Crippen molar-refractivity contribution in [3.8, 4) is 0 Å². The van der Waals surface area contributed by atoms with Gasteiger partial charge in [-0.1, -0.05) is 36.4 Å². The summed E-state index contributed by atoms with van der Waals surface area (Å²) in [6.07, 6.45) is 4.22. The Labute approximate surface area is 171 Å². The van der Waals surface area contributed by atoms with Crippen LogP contribution in [0.1, 0.15) is 47.2 Å². The zero-order valence-corrected chi connectivity index (χ0v) is 16.8. The van der Waals surface area contributed by atoms with Crippen molar-refractivity contribution in [2.75, 3.05) is 13.1 Å². The molecule has 0 aliphatic carbocycles. The Kier molecular flexibility index (Phi) is 5.62. The van der Waals surface area contributed by atoms with Gasteiger partial charge in [0.15, 0.2) is 0 Å². The molecular formula is C23H27N3O3. The van der Waals surface area contributed by atoms with Crippen LogP contribution in [0.15, 0.2) is 48.5 Å². The van der Waals surface area contributed by atoms with Gasteiger partial charge in [0.25, 0.3) is 11.6 Å². The fraction of sp³-hybridized carbons (Fsp3) is 0.435. The molecule has 0 aromatic heterocycles. The molecule has 0 bridgehead atoms. The molecule has 1 amide bonds. The third-order valence-electron chi connectivity index (χ3n) is 6.38. The molecule has 2 aliphatic rings. The first kappa shape index (κ1) is 19.6. The molecule has 6 heteroatoms. The van der Waals surface area contributed by atoms with E-state index in [1.807, 2.05) is 11.0 Å². The van der Waals surface area contributed by atoms with Crippen molar-refractivity contribution < 1.29 is 9.72 Å². The Morgan fingerprint density at radius 2 is 1.76 bits per heavy atom. The van der Waals surface area contributed by atoms with E-state index in [4.69, 9.17) is 0 Å². The maximum Gasteiger partial charge on any atom is 0.273 e. The molecule has 0 N–H and O–H groups in total. The quantitative estimate of drug-likeness (QED) is 0.565. The summed E-state index contributed by atoms with van der Waals surface area (Å²) in [5.41, 5.74) is 2.22. The van der Waals surface area contributed by atoms with Crippen LogP contribution in [0.2, 0.25) is 0 Å². The van der Waals surface area contributed by atoms with E-state index in [-0.39, 0.29) is 17.6 Å². The highest BCUT2D eigenvalue weighted by Crippen LogP contribution is 2.33. The van der Waals surface area contributed by atoms with Gasteiger partial charge < -0.3 is 4.90 Å². The Morgan fingerprint density at radius 1 is 1.03 bits per heavy atom. The van der Waals surface area contributed by atoms with Crippen molar-refractivity contribution in [2.24, 2.45) is 0 Å². The molecule has 29 heavy (non-hydrogen) atoms. The van der Waals surface area contributed by atoms with Gasteiger partial charge in [-0.3, -0.25) is 19.8 Å². The van der Waals surface area contributed by atoms with Crippen LogP contribution in [0.25, 0.3) is 0 Å². The number of rotatable bonds is 5. The van der Waals surface area contributed by atoms with Crippen LogP contribution in [0.4, 0.5) is 5.69 Å². The normalized spacial score (nSPS) is 22.2. The second kappa shape index (κ2) is 8.33. The zero-order chi connectivity index (χ0) is 20.4. The number of amides is 1. The van der Waals surface area contributed by atoms with Crippen LogP contribution in [0, 0.1) is 17.0 Å². The van der Waals surface area contributed by atoms with Crippen molar-refractivity contribution in [1.29, 1.82) is 0 Å². The lowest BCUT2D eigenvalue weighted by atomic mass is 10.0. The SMILES string of the molecule is Cc1c(C(=O)N2CCC[C@@H]2[C@@H]2CCCN2Cc2ccccc2)cccc1[N+](=O)[O-]. The van der Waals surface area contributed by atoms with Gasteiger partial charge in [0, 0.05) is 42.4 Å². The fourth-order valence-electron chi connectivity index (χ4n) is 4.95. The molecule has 0 unspecified atom stereocenters. The van der Waals surface area contributed by atoms with E-state index < -0.39 is 4.92 Å². The summed E-state index contributed by atoms with van der Waals surface area (Å²) < 4.78 is 0. The minimum atomic E-state index is -0.411. The Hall–Kier alpha value is -2.73. The highest BCUT2D eigenvalue weighted by Gasteiger charge is 2.40. The Bertz CT molecular complexity index is 899. The number of carbonyl (C=O) groups is 1. The van der Waals surface area contributed by atoms with Gasteiger partial charge in [0.2, 0.25) is 0 Å². The van der Waals surface area contributed by atoms with E-state index in [9.17, 15) is 14.9 Å². The molecule has 2 aromatic rings. The van der Waals surface area contributed by atoms with Crippen molar-refractivity contribution >= 4 is 11.6 Å². The van der Waals surface area contributed by atoms with E-state index in [1.54, 1.807) is 19.1 Å². The monoisotopic (exact) mass is 393 g/mol. The molecule has 2 heterocycles. The molecule has 2 atom stereocenters. The molecule has 152 valence electrons. The van der Waals surface area contributed by atoms with Crippen molar-refractivity contribution in [3.63, 3.8) is 0 Å². The molecule has 2 saturated heterocycles. The predicted molar refractivity (Wildman–Crippen MR) is 112 cm³/mol. The summed E-state index contributed by atoms with van der Waals surface area (Å²) in [5.74, 6) is -0.0692. The molecule has 0 saturated carbocycles.